The number of rotatable bonds is 7. The predicted octanol–water partition coefficient (Wildman–Crippen LogP) is 3.71. The zero-order valence-corrected chi connectivity index (χ0v) is 17.6. The second-order valence-corrected chi connectivity index (χ2v) is 8.50. The molecular weight excluding hydrogens is 400 g/mol. The van der Waals surface area contributed by atoms with Gasteiger partial charge in [0, 0.05) is 28.1 Å². The molecule has 0 saturated carbocycles. The Kier molecular flexibility index (Phi) is 6.35. The highest BCUT2D eigenvalue weighted by Gasteiger charge is 2.22. The predicted molar refractivity (Wildman–Crippen MR) is 114 cm³/mol. The molecule has 30 heavy (non-hydrogen) atoms. The summed E-state index contributed by atoms with van der Waals surface area (Å²) in [5.74, 6) is 1.29. The zero-order valence-electron chi connectivity index (χ0n) is 16.8. The molecule has 1 aliphatic heterocycles. The molecule has 1 aromatic carbocycles. The first kappa shape index (κ1) is 20.4. The standard InChI is InChI=1S/C22H24N4O3S/c1-26-9-6-17(7-10-26)21-24-12-19(22(25-21)29-14-15-8-11-28-13-15)30-18-4-2-16(3-5-18)20(23)27/h2-5,8,11-13,17H,6-7,9-10,14H2,1H3,(H2,23,27). The summed E-state index contributed by atoms with van der Waals surface area (Å²) in [6.45, 7) is 2.46. The molecule has 0 radical (unpaired) electrons. The van der Waals surface area contributed by atoms with Gasteiger partial charge in [-0.05, 0) is 63.3 Å². The molecular formula is C22H24N4O3S. The molecule has 7 nitrogen and oxygen atoms in total. The molecule has 0 unspecified atom stereocenters. The topological polar surface area (TPSA) is 94.5 Å². The number of primary amides is 1. The Morgan fingerprint density at radius 3 is 2.70 bits per heavy atom. The van der Waals surface area contributed by atoms with Crippen molar-refractivity contribution in [2.45, 2.75) is 35.2 Å². The molecule has 1 aliphatic rings. The van der Waals surface area contributed by atoms with Gasteiger partial charge in [-0.2, -0.15) is 4.98 Å². The number of carbonyl (C=O) groups excluding carboxylic acids is 1. The highest BCUT2D eigenvalue weighted by Crippen LogP contribution is 2.35. The van der Waals surface area contributed by atoms with Crippen molar-refractivity contribution in [1.82, 2.24) is 14.9 Å². The van der Waals surface area contributed by atoms with Crippen LogP contribution in [0.25, 0.3) is 0 Å². The third-order valence-corrected chi connectivity index (χ3v) is 6.15. The second kappa shape index (κ2) is 9.32. The van der Waals surface area contributed by atoms with Crippen LogP contribution in [0.2, 0.25) is 0 Å². The maximum atomic E-state index is 11.3. The molecule has 2 aromatic heterocycles. The summed E-state index contributed by atoms with van der Waals surface area (Å²) in [4.78, 5) is 24.8. The van der Waals surface area contributed by atoms with Crippen molar-refractivity contribution in [2.75, 3.05) is 20.1 Å². The number of nitrogens with two attached hydrogens (primary N) is 1. The van der Waals surface area contributed by atoms with Gasteiger partial charge in [0.15, 0.2) is 0 Å². The highest BCUT2D eigenvalue weighted by molar-refractivity contribution is 7.99. The van der Waals surface area contributed by atoms with Crippen molar-refractivity contribution in [1.29, 1.82) is 0 Å². The van der Waals surface area contributed by atoms with Gasteiger partial charge in [-0.25, -0.2) is 4.98 Å². The minimum absolute atomic E-state index is 0.339. The van der Waals surface area contributed by atoms with E-state index in [0.29, 0.717) is 24.0 Å². The van der Waals surface area contributed by atoms with Crippen LogP contribution in [0.3, 0.4) is 0 Å². The van der Waals surface area contributed by atoms with E-state index in [-0.39, 0.29) is 0 Å². The Morgan fingerprint density at radius 2 is 2.03 bits per heavy atom. The van der Waals surface area contributed by atoms with E-state index in [1.165, 1.54) is 11.8 Å². The average Bonchev–Trinajstić information content (AvgIpc) is 3.28. The fourth-order valence-electron chi connectivity index (χ4n) is 3.35. The molecule has 8 heteroatoms. The first-order chi connectivity index (χ1) is 14.6. The Balaban J connectivity index is 1.56. The van der Waals surface area contributed by atoms with Crippen molar-refractivity contribution in [3.8, 4) is 5.88 Å². The minimum atomic E-state index is -0.443. The van der Waals surface area contributed by atoms with Gasteiger partial charge in [-0.15, -0.1) is 0 Å². The third-order valence-electron chi connectivity index (χ3n) is 5.15. The molecule has 0 atom stereocenters. The van der Waals surface area contributed by atoms with Crippen LogP contribution >= 0.6 is 11.8 Å². The van der Waals surface area contributed by atoms with Crippen LogP contribution in [0.5, 0.6) is 5.88 Å². The van der Waals surface area contributed by atoms with Crippen molar-refractivity contribution >= 4 is 17.7 Å². The molecule has 0 bridgehead atoms. The van der Waals surface area contributed by atoms with E-state index in [2.05, 4.69) is 16.9 Å². The molecule has 0 spiro atoms. The number of hydrogen-bond acceptors (Lipinski definition) is 7. The number of ether oxygens (including phenoxy) is 1. The van der Waals surface area contributed by atoms with Gasteiger partial charge in [-0.3, -0.25) is 4.79 Å². The third kappa shape index (κ3) is 5.01. The Labute approximate surface area is 179 Å². The van der Waals surface area contributed by atoms with Crippen molar-refractivity contribution in [2.24, 2.45) is 5.73 Å². The number of hydrogen-bond donors (Lipinski definition) is 1. The van der Waals surface area contributed by atoms with Gasteiger partial charge in [0.05, 0.1) is 17.4 Å². The number of piperidine rings is 1. The quantitative estimate of drug-likeness (QED) is 0.618. The molecule has 1 amide bonds. The molecule has 4 rings (SSSR count). The number of benzene rings is 1. The van der Waals surface area contributed by atoms with E-state index in [9.17, 15) is 4.79 Å². The highest BCUT2D eigenvalue weighted by atomic mass is 32.2. The summed E-state index contributed by atoms with van der Waals surface area (Å²) in [5.41, 5.74) is 6.74. The first-order valence-electron chi connectivity index (χ1n) is 9.85. The van der Waals surface area contributed by atoms with Crippen LogP contribution in [-0.2, 0) is 6.61 Å². The summed E-state index contributed by atoms with van der Waals surface area (Å²) in [5, 5.41) is 0. The van der Waals surface area contributed by atoms with Gasteiger partial charge in [0.1, 0.15) is 12.4 Å². The zero-order chi connectivity index (χ0) is 20.9. The lowest BCUT2D eigenvalue weighted by Crippen LogP contribution is -2.30. The largest absolute Gasteiger partial charge is 0.472 e. The van der Waals surface area contributed by atoms with E-state index in [0.717, 1.165) is 47.1 Å². The van der Waals surface area contributed by atoms with E-state index >= 15 is 0 Å². The molecule has 2 N–H and O–H groups in total. The molecule has 1 fully saturated rings. The number of amides is 1. The number of nitrogens with zero attached hydrogens (tertiary/aromatic N) is 3. The van der Waals surface area contributed by atoms with Crippen LogP contribution in [0.4, 0.5) is 0 Å². The molecule has 156 valence electrons. The van der Waals surface area contributed by atoms with Crippen LogP contribution in [-0.4, -0.2) is 40.9 Å². The lowest BCUT2D eigenvalue weighted by atomic mass is 9.96. The van der Waals surface area contributed by atoms with Crippen molar-refractivity contribution in [3.05, 3.63) is 66.0 Å². The maximum Gasteiger partial charge on any atom is 0.248 e. The van der Waals surface area contributed by atoms with Crippen LogP contribution in [0.1, 0.15) is 40.5 Å². The van der Waals surface area contributed by atoms with Gasteiger partial charge in [0.2, 0.25) is 11.8 Å². The molecule has 3 aromatic rings. The van der Waals surface area contributed by atoms with Gasteiger partial charge >= 0.3 is 0 Å². The fourth-order valence-corrected chi connectivity index (χ4v) is 4.17. The van der Waals surface area contributed by atoms with Crippen molar-refractivity contribution < 1.29 is 13.9 Å². The summed E-state index contributed by atoms with van der Waals surface area (Å²) in [6, 6.07) is 9.01. The van der Waals surface area contributed by atoms with E-state index in [1.807, 2.05) is 24.4 Å². The van der Waals surface area contributed by atoms with E-state index in [1.54, 1.807) is 24.7 Å². The number of likely N-dealkylation sites (tertiary alicyclic amines) is 1. The summed E-state index contributed by atoms with van der Waals surface area (Å²) in [6.07, 6.45) is 7.20. The molecule has 1 saturated heterocycles. The fraction of sp³-hybridized carbons (Fsp3) is 0.318. The van der Waals surface area contributed by atoms with E-state index < -0.39 is 5.91 Å². The Morgan fingerprint density at radius 1 is 1.27 bits per heavy atom. The lowest BCUT2D eigenvalue weighted by molar-refractivity contribution is 0.1000. The first-order valence-corrected chi connectivity index (χ1v) is 10.7. The maximum absolute atomic E-state index is 11.3. The van der Waals surface area contributed by atoms with Gasteiger partial charge in [0.25, 0.3) is 0 Å². The summed E-state index contributed by atoms with van der Waals surface area (Å²) >= 11 is 1.49. The minimum Gasteiger partial charge on any atom is -0.472 e. The Hall–Kier alpha value is -2.84. The van der Waals surface area contributed by atoms with E-state index in [4.69, 9.17) is 19.9 Å². The van der Waals surface area contributed by atoms with Crippen LogP contribution < -0.4 is 10.5 Å². The summed E-state index contributed by atoms with van der Waals surface area (Å²) in [7, 11) is 2.14. The Bertz CT molecular complexity index is 984. The molecule has 3 heterocycles. The molecule has 0 aliphatic carbocycles. The number of aromatic nitrogens is 2. The van der Waals surface area contributed by atoms with Gasteiger partial charge in [-0.1, -0.05) is 11.8 Å². The monoisotopic (exact) mass is 424 g/mol. The smallest absolute Gasteiger partial charge is 0.248 e. The second-order valence-electron chi connectivity index (χ2n) is 7.39. The number of carbonyl (C=O) groups is 1. The van der Waals surface area contributed by atoms with Crippen molar-refractivity contribution in [3.63, 3.8) is 0 Å². The normalized spacial score (nSPS) is 15.2. The van der Waals surface area contributed by atoms with Crippen LogP contribution in [0, 0.1) is 0 Å². The van der Waals surface area contributed by atoms with Crippen LogP contribution in [0.15, 0.2) is 63.3 Å². The van der Waals surface area contributed by atoms with Gasteiger partial charge < -0.3 is 19.8 Å². The average molecular weight is 425 g/mol. The SMILES string of the molecule is CN1CCC(c2ncc(Sc3ccc(C(N)=O)cc3)c(OCc3ccoc3)n2)CC1. The summed E-state index contributed by atoms with van der Waals surface area (Å²) < 4.78 is 11.2. The lowest BCUT2D eigenvalue weighted by Gasteiger charge is -2.28. The number of furan rings is 1.